The molecule has 5 rings (SSSR count). The lowest BCUT2D eigenvalue weighted by atomic mass is 9.96. The molecule has 0 spiro atoms. The summed E-state index contributed by atoms with van der Waals surface area (Å²) >= 11 is 0. The van der Waals surface area contributed by atoms with Gasteiger partial charge >= 0.3 is 0 Å². The molecule has 1 aromatic carbocycles. The monoisotopic (exact) mass is 407 g/mol. The number of aromatic nitrogens is 2. The smallest absolute Gasteiger partial charge is 0.246 e. The number of piperazine rings is 1. The molecule has 1 aromatic heterocycles. The van der Waals surface area contributed by atoms with E-state index in [1.807, 2.05) is 29.2 Å². The standard InChI is InChI=1S/C22H25N5O3/c23-21-16-3-1-2-4-17(16)24-22(25-21)27-11-9-26(10-12-27)20(28)8-6-15-5-7-18-19(13-15)30-14-29-18/h5-8,13H,1-4,9-12,14H2,(H2,23,24,25). The van der Waals surface area contributed by atoms with E-state index in [1.54, 1.807) is 6.08 Å². The Labute approximate surface area is 175 Å². The van der Waals surface area contributed by atoms with Crippen molar-refractivity contribution >= 4 is 23.7 Å². The van der Waals surface area contributed by atoms with Crippen molar-refractivity contribution in [1.29, 1.82) is 0 Å². The SMILES string of the molecule is Nc1nc(N2CCN(C(=O)C=Cc3ccc4c(c3)OCO4)CC2)nc2c1CCCC2. The Morgan fingerprint density at radius 3 is 2.70 bits per heavy atom. The minimum Gasteiger partial charge on any atom is -0.454 e. The molecule has 1 fully saturated rings. The molecule has 8 heteroatoms. The van der Waals surface area contributed by atoms with Crippen LogP contribution in [0.3, 0.4) is 0 Å². The van der Waals surface area contributed by atoms with Gasteiger partial charge in [-0.25, -0.2) is 4.98 Å². The van der Waals surface area contributed by atoms with Crippen LogP contribution in [0.15, 0.2) is 24.3 Å². The van der Waals surface area contributed by atoms with Crippen LogP contribution in [-0.4, -0.2) is 53.7 Å². The lowest BCUT2D eigenvalue weighted by molar-refractivity contribution is -0.126. The zero-order valence-electron chi connectivity index (χ0n) is 16.8. The van der Waals surface area contributed by atoms with E-state index in [1.165, 1.54) is 0 Å². The molecule has 1 aliphatic carbocycles. The number of fused-ring (bicyclic) bond motifs is 2. The van der Waals surface area contributed by atoms with Crippen molar-refractivity contribution in [3.63, 3.8) is 0 Å². The predicted octanol–water partition coefficient (Wildman–Crippen LogP) is 2.03. The maximum atomic E-state index is 12.6. The van der Waals surface area contributed by atoms with E-state index in [-0.39, 0.29) is 12.7 Å². The number of anilines is 2. The summed E-state index contributed by atoms with van der Waals surface area (Å²) in [7, 11) is 0. The van der Waals surface area contributed by atoms with Crippen LogP contribution in [0.4, 0.5) is 11.8 Å². The molecule has 1 amide bonds. The minimum absolute atomic E-state index is 0.00168. The lowest BCUT2D eigenvalue weighted by Gasteiger charge is -2.34. The van der Waals surface area contributed by atoms with Gasteiger partial charge in [-0.2, -0.15) is 4.98 Å². The first-order valence-electron chi connectivity index (χ1n) is 10.4. The first kappa shape index (κ1) is 18.7. The van der Waals surface area contributed by atoms with Gasteiger partial charge in [-0.1, -0.05) is 6.07 Å². The quantitative estimate of drug-likeness (QED) is 0.778. The summed E-state index contributed by atoms with van der Waals surface area (Å²) in [5.74, 6) is 2.75. The Bertz CT molecular complexity index is 999. The molecule has 0 atom stereocenters. The third-order valence-corrected chi connectivity index (χ3v) is 5.89. The largest absolute Gasteiger partial charge is 0.454 e. The van der Waals surface area contributed by atoms with Gasteiger partial charge in [0.05, 0.1) is 5.69 Å². The molecule has 3 heterocycles. The highest BCUT2D eigenvalue weighted by atomic mass is 16.7. The number of amides is 1. The minimum atomic E-state index is -0.00168. The molecular weight excluding hydrogens is 382 g/mol. The molecule has 2 aliphatic heterocycles. The van der Waals surface area contributed by atoms with Gasteiger partial charge in [0.25, 0.3) is 0 Å². The van der Waals surface area contributed by atoms with E-state index >= 15 is 0 Å². The third kappa shape index (κ3) is 3.65. The number of rotatable bonds is 3. The van der Waals surface area contributed by atoms with Crippen molar-refractivity contribution in [2.45, 2.75) is 25.7 Å². The van der Waals surface area contributed by atoms with Crippen LogP contribution < -0.4 is 20.1 Å². The van der Waals surface area contributed by atoms with Crippen molar-refractivity contribution in [3.05, 3.63) is 41.1 Å². The number of nitrogens with zero attached hydrogens (tertiary/aromatic N) is 4. The molecule has 0 saturated carbocycles. The van der Waals surface area contributed by atoms with Gasteiger partial charge in [0.1, 0.15) is 5.82 Å². The van der Waals surface area contributed by atoms with Gasteiger partial charge in [-0.15, -0.1) is 0 Å². The Balaban J connectivity index is 1.21. The molecule has 0 radical (unpaired) electrons. The van der Waals surface area contributed by atoms with Crippen LogP contribution in [-0.2, 0) is 17.6 Å². The fraction of sp³-hybridized carbons (Fsp3) is 0.409. The highest BCUT2D eigenvalue weighted by Gasteiger charge is 2.24. The highest BCUT2D eigenvalue weighted by Crippen LogP contribution is 2.32. The average molecular weight is 407 g/mol. The number of carbonyl (C=O) groups excluding carboxylic acids is 1. The number of hydrogen-bond donors (Lipinski definition) is 1. The summed E-state index contributed by atoms with van der Waals surface area (Å²) < 4.78 is 10.7. The van der Waals surface area contributed by atoms with Crippen LogP contribution in [0.1, 0.15) is 29.7 Å². The van der Waals surface area contributed by atoms with Crippen molar-refractivity contribution in [2.24, 2.45) is 0 Å². The predicted molar refractivity (Wildman–Crippen MR) is 113 cm³/mol. The summed E-state index contributed by atoms with van der Waals surface area (Å²) in [6.45, 7) is 2.89. The summed E-state index contributed by atoms with van der Waals surface area (Å²) in [6, 6.07) is 5.64. The van der Waals surface area contributed by atoms with Gasteiger partial charge in [0.15, 0.2) is 11.5 Å². The first-order valence-corrected chi connectivity index (χ1v) is 10.4. The summed E-state index contributed by atoms with van der Waals surface area (Å²) in [5.41, 5.74) is 9.30. The number of aryl methyl sites for hydroxylation is 1. The number of benzene rings is 1. The van der Waals surface area contributed by atoms with E-state index in [0.29, 0.717) is 43.7 Å². The maximum absolute atomic E-state index is 12.6. The molecule has 1 saturated heterocycles. The first-order chi connectivity index (χ1) is 14.7. The van der Waals surface area contributed by atoms with Gasteiger partial charge in [0, 0.05) is 37.8 Å². The van der Waals surface area contributed by atoms with E-state index in [9.17, 15) is 4.79 Å². The molecule has 2 N–H and O–H groups in total. The molecule has 156 valence electrons. The van der Waals surface area contributed by atoms with E-state index in [0.717, 1.165) is 48.3 Å². The second-order valence-corrected chi connectivity index (χ2v) is 7.80. The highest BCUT2D eigenvalue weighted by molar-refractivity contribution is 5.92. The molecule has 30 heavy (non-hydrogen) atoms. The normalized spacial score (nSPS) is 18.0. The second-order valence-electron chi connectivity index (χ2n) is 7.80. The molecule has 0 bridgehead atoms. The van der Waals surface area contributed by atoms with Crippen LogP contribution in [0.2, 0.25) is 0 Å². The molecule has 3 aliphatic rings. The van der Waals surface area contributed by atoms with Crippen LogP contribution in [0.25, 0.3) is 6.08 Å². The Morgan fingerprint density at radius 1 is 1.03 bits per heavy atom. The Kier molecular flexibility index (Phi) is 4.90. The number of nitrogens with two attached hydrogens (primary N) is 1. The van der Waals surface area contributed by atoms with Crippen molar-refractivity contribution in [1.82, 2.24) is 14.9 Å². The zero-order valence-corrected chi connectivity index (χ0v) is 16.8. The van der Waals surface area contributed by atoms with Crippen LogP contribution >= 0.6 is 0 Å². The maximum Gasteiger partial charge on any atom is 0.246 e. The topological polar surface area (TPSA) is 93.8 Å². The lowest BCUT2D eigenvalue weighted by Crippen LogP contribution is -2.49. The number of nitrogen functional groups attached to an aromatic ring is 1. The summed E-state index contributed by atoms with van der Waals surface area (Å²) in [6.07, 6.45) is 7.67. The molecular formula is C22H25N5O3. The van der Waals surface area contributed by atoms with E-state index in [2.05, 4.69) is 9.88 Å². The Morgan fingerprint density at radius 2 is 1.83 bits per heavy atom. The zero-order chi connectivity index (χ0) is 20.5. The Hall–Kier alpha value is -3.29. The van der Waals surface area contributed by atoms with E-state index < -0.39 is 0 Å². The van der Waals surface area contributed by atoms with Crippen molar-refractivity contribution in [2.75, 3.05) is 43.6 Å². The van der Waals surface area contributed by atoms with Gasteiger partial charge in [-0.05, 0) is 49.5 Å². The van der Waals surface area contributed by atoms with Gasteiger partial charge in [-0.3, -0.25) is 4.79 Å². The van der Waals surface area contributed by atoms with E-state index in [4.69, 9.17) is 20.2 Å². The molecule has 0 unspecified atom stereocenters. The fourth-order valence-corrected chi connectivity index (χ4v) is 4.17. The van der Waals surface area contributed by atoms with Crippen molar-refractivity contribution in [3.8, 4) is 11.5 Å². The van der Waals surface area contributed by atoms with Crippen LogP contribution in [0.5, 0.6) is 11.5 Å². The molecule has 8 nitrogen and oxygen atoms in total. The van der Waals surface area contributed by atoms with Gasteiger partial charge in [0.2, 0.25) is 18.6 Å². The van der Waals surface area contributed by atoms with Gasteiger partial charge < -0.3 is 25.0 Å². The number of ether oxygens (including phenoxy) is 2. The average Bonchev–Trinajstić information content (AvgIpc) is 3.25. The fourth-order valence-electron chi connectivity index (χ4n) is 4.17. The van der Waals surface area contributed by atoms with Crippen LogP contribution in [0, 0.1) is 0 Å². The number of hydrogen-bond acceptors (Lipinski definition) is 7. The summed E-state index contributed by atoms with van der Waals surface area (Å²) in [5, 5.41) is 0. The third-order valence-electron chi connectivity index (χ3n) is 5.89. The number of carbonyl (C=O) groups is 1. The summed E-state index contributed by atoms with van der Waals surface area (Å²) in [4.78, 5) is 25.9. The second kappa shape index (κ2) is 7.85. The molecule has 2 aromatic rings. The van der Waals surface area contributed by atoms with Crippen molar-refractivity contribution < 1.29 is 14.3 Å².